The van der Waals surface area contributed by atoms with E-state index in [0.717, 1.165) is 12.8 Å². The van der Waals surface area contributed by atoms with Crippen molar-refractivity contribution in [3.8, 4) is 0 Å². The van der Waals surface area contributed by atoms with E-state index in [1.807, 2.05) is 0 Å². The standard InChI is InChI=1S/C10H17NO4/c1-10(2,3)15-9(14)11(8(12)13)6-4-5-7-11/h4-7H2,1-3H3/p+1. The van der Waals surface area contributed by atoms with Gasteiger partial charge in [0.2, 0.25) is 0 Å². The second-order valence-electron chi connectivity index (χ2n) is 4.89. The van der Waals surface area contributed by atoms with Gasteiger partial charge in [0.1, 0.15) is 5.60 Å². The highest BCUT2D eigenvalue weighted by atomic mass is 16.6. The third-order valence-corrected chi connectivity index (χ3v) is 2.44. The van der Waals surface area contributed by atoms with Crippen LogP contribution in [0.3, 0.4) is 0 Å². The molecule has 15 heavy (non-hydrogen) atoms. The normalized spacial score (nSPS) is 19.9. The van der Waals surface area contributed by atoms with E-state index in [9.17, 15) is 9.59 Å². The van der Waals surface area contributed by atoms with Gasteiger partial charge in [-0.1, -0.05) is 0 Å². The van der Waals surface area contributed by atoms with Gasteiger partial charge in [-0.05, 0) is 20.8 Å². The van der Waals surface area contributed by atoms with E-state index >= 15 is 0 Å². The van der Waals surface area contributed by atoms with Crippen molar-refractivity contribution >= 4 is 12.2 Å². The number of carboxylic acid groups (broad SMARTS) is 1. The highest BCUT2D eigenvalue weighted by Crippen LogP contribution is 2.24. The number of amides is 2. The molecule has 0 aromatic heterocycles. The molecule has 0 spiro atoms. The lowest BCUT2D eigenvalue weighted by Crippen LogP contribution is -2.55. The van der Waals surface area contributed by atoms with Gasteiger partial charge in [-0.25, -0.2) is 0 Å². The number of ether oxygens (including phenoxy) is 1. The van der Waals surface area contributed by atoms with Crippen molar-refractivity contribution < 1.29 is 23.9 Å². The fourth-order valence-electron chi connectivity index (χ4n) is 1.68. The molecule has 0 unspecified atom stereocenters. The van der Waals surface area contributed by atoms with Gasteiger partial charge < -0.3 is 9.84 Å². The summed E-state index contributed by atoms with van der Waals surface area (Å²) < 4.78 is 4.57. The number of quaternary nitrogens is 1. The predicted octanol–water partition coefficient (Wildman–Crippen LogP) is 2.21. The monoisotopic (exact) mass is 216 g/mol. The fraction of sp³-hybridized carbons (Fsp3) is 0.800. The van der Waals surface area contributed by atoms with Gasteiger partial charge in [-0.2, -0.15) is 9.59 Å². The lowest BCUT2D eigenvalue weighted by atomic mass is 10.2. The molecule has 86 valence electrons. The molecular weight excluding hydrogens is 198 g/mol. The van der Waals surface area contributed by atoms with Crippen LogP contribution in [0.15, 0.2) is 0 Å². The lowest BCUT2D eigenvalue weighted by Gasteiger charge is -2.27. The van der Waals surface area contributed by atoms with Crippen LogP contribution >= 0.6 is 0 Å². The Morgan fingerprint density at radius 3 is 2.00 bits per heavy atom. The Balaban J connectivity index is 2.82. The topological polar surface area (TPSA) is 63.6 Å². The number of likely N-dealkylation sites (tertiary alicyclic amines) is 1. The van der Waals surface area contributed by atoms with Crippen LogP contribution in [0, 0.1) is 0 Å². The van der Waals surface area contributed by atoms with E-state index in [1.54, 1.807) is 20.8 Å². The maximum atomic E-state index is 11.8. The summed E-state index contributed by atoms with van der Waals surface area (Å²) in [6.45, 7) is 5.88. The van der Waals surface area contributed by atoms with Crippen molar-refractivity contribution in [1.29, 1.82) is 0 Å². The molecule has 5 nitrogen and oxygen atoms in total. The van der Waals surface area contributed by atoms with Gasteiger partial charge in [-0.15, -0.1) is 4.48 Å². The Hall–Kier alpha value is -1.10. The van der Waals surface area contributed by atoms with Crippen molar-refractivity contribution in [3.63, 3.8) is 0 Å². The molecule has 1 rings (SSSR count). The summed E-state index contributed by atoms with van der Waals surface area (Å²) in [4.78, 5) is 22.9. The minimum absolute atomic E-state index is 0.338. The van der Waals surface area contributed by atoms with Crippen molar-refractivity contribution in [2.24, 2.45) is 0 Å². The summed E-state index contributed by atoms with van der Waals surface area (Å²) >= 11 is 0. The van der Waals surface area contributed by atoms with Crippen LogP contribution in [-0.4, -0.2) is 40.5 Å². The molecule has 0 aromatic rings. The van der Waals surface area contributed by atoms with Gasteiger partial charge in [0.05, 0.1) is 13.1 Å². The van der Waals surface area contributed by atoms with Crippen molar-refractivity contribution in [3.05, 3.63) is 0 Å². The molecule has 1 fully saturated rings. The zero-order chi connectivity index (χ0) is 11.7. The summed E-state index contributed by atoms with van der Waals surface area (Å²) in [5.41, 5.74) is -0.639. The van der Waals surface area contributed by atoms with Gasteiger partial charge in [0.15, 0.2) is 0 Å². The van der Waals surface area contributed by atoms with E-state index < -0.39 is 22.3 Å². The van der Waals surface area contributed by atoms with Gasteiger partial charge >= 0.3 is 12.2 Å². The first kappa shape index (κ1) is 12.0. The first-order valence-corrected chi connectivity index (χ1v) is 5.12. The minimum atomic E-state index is -1.11. The highest BCUT2D eigenvalue weighted by molar-refractivity contribution is 5.75. The van der Waals surface area contributed by atoms with Gasteiger partial charge in [0.25, 0.3) is 0 Å². The first-order chi connectivity index (χ1) is 6.78. The zero-order valence-corrected chi connectivity index (χ0v) is 9.45. The van der Waals surface area contributed by atoms with Crippen molar-refractivity contribution in [2.45, 2.75) is 39.2 Å². The quantitative estimate of drug-likeness (QED) is 0.630. The molecule has 1 heterocycles. The molecule has 1 aliphatic heterocycles. The molecule has 0 bridgehead atoms. The smallest absolute Gasteiger partial charge is 0.435 e. The third kappa shape index (κ3) is 2.47. The first-order valence-electron chi connectivity index (χ1n) is 5.12. The van der Waals surface area contributed by atoms with E-state index in [4.69, 9.17) is 9.84 Å². The molecule has 0 atom stereocenters. The molecule has 0 saturated carbocycles. The summed E-state index contributed by atoms with van der Waals surface area (Å²) in [6.07, 6.45) is -0.244. The lowest BCUT2D eigenvalue weighted by molar-refractivity contribution is -0.772. The van der Waals surface area contributed by atoms with E-state index in [1.165, 1.54) is 0 Å². The van der Waals surface area contributed by atoms with E-state index in [-0.39, 0.29) is 0 Å². The molecule has 0 aliphatic carbocycles. The summed E-state index contributed by atoms with van der Waals surface area (Å²) in [7, 11) is 0. The van der Waals surface area contributed by atoms with Crippen LogP contribution in [-0.2, 0) is 4.74 Å². The molecule has 1 aliphatic rings. The van der Waals surface area contributed by atoms with Crippen LogP contribution in [0.5, 0.6) is 0 Å². The predicted molar refractivity (Wildman–Crippen MR) is 53.5 cm³/mol. The maximum Gasteiger partial charge on any atom is 0.527 e. The van der Waals surface area contributed by atoms with Crippen molar-refractivity contribution in [1.82, 2.24) is 0 Å². The van der Waals surface area contributed by atoms with Gasteiger partial charge in [0, 0.05) is 12.8 Å². The number of rotatable bonds is 0. The largest absolute Gasteiger partial charge is 0.527 e. The molecule has 5 heteroatoms. The summed E-state index contributed by atoms with van der Waals surface area (Å²) in [6, 6.07) is 0. The molecule has 2 amide bonds. The molecule has 0 radical (unpaired) electrons. The van der Waals surface area contributed by atoms with E-state index in [0.29, 0.717) is 13.1 Å². The third-order valence-electron chi connectivity index (χ3n) is 2.44. The summed E-state index contributed by atoms with van der Waals surface area (Å²) in [5.74, 6) is 0. The number of carbonyl (C=O) groups excluding carboxylic acids is 1. The average Bonchev–Trinajstić information content (AvgIpc) is 2.48. The second kappa shape index (κ2) is 3.81. The van der Waals surface area contributed by atoms with Crippen LogP contribution < -0.4 is 0 Å². The number of carbonyl (C=O) groups is 2. The highest BCUT2D eigenvalue weighted by Gasteiger charge is 2.50. The maximum absolute atomic E-state index is 11.8. The summed E-state index contributed by atoms with van der Waals surface area (Å²) in [5, 5.41) is 9.10. The van der Waals surface area contributed by atoms with E-state index in [2.05, 4.69) is 0 Å². The zero-order valence-electron chi connectivity index (χ0n) is 9.45. The minimum Gasteiger partial charge on any atom is -0.435 e. The van der Waals surface area contributed by atoms with Crippen LogP contribution in [0.4, 0.5) is 9.59 Å². The Kier molecular flexibility index (Phi) is 3.04. The molecule has 0 aromatic carbocycles. The van der Waals surface area contributed by atoms with Crippen molar-refractivity contribution in [2.75, 3.05) is 13.1 Å². The number of hydrogen-bond acceptors (Lipinski definition) is 3. The van der Waals surface area contributed by atoms with Crippen LogP contribution in [0.25, 0.3) is 0 Å². The second-order valence-corrected chi connectivity index (χ2v) is 4.89. The fourth-order valence-corrected chi connectivity index (χ4v) is 1.68. The number of hydrogen-bond donors (Lipinski definition) is 1. The number of nitrogens with zero attached hydrogens (tertiary/aromatic N) is 1. The SMILES string of the molecule is CC(C)(C)OC(=O)[N+]1(C(=O)O)CCCC1. The van der Waals surface area contributed by atoms with Crippen LogP contribution in [0.1, 0.15) is 33.6 Å². The van der Waals surface area contributed by atoms with Crippen LogP contribution in [0.2, 0.25) is 0 Å². The number of imide groups is 1. The molecule has 1 N–H and O–H groups in total. The molecule has 1 saturated heterocycles. The average molecular weight is 216 g/mol. The Bertz CT molecular complexity index is 274. The Morgan fingerprint density at radius 1 is 1.20 bits per heavy atom. The Morgan fingerprint density at radius 2 is 1.67 bits per heavy atom. The van der Waals surface area contributed by atoms with Gasteiger partial charge in [-0.3, -0.25) is 0 Å². The molecular formula is C10H18NO4+. The Labute approximate surface area is 89.2 Å².